The highest BCUT2D eigenvalue weighted by molar-refractivity contribution is 5.48. The first kappa shape index (κ1) is 9.60. The maximum atomic E-state index is 9.51. The summed E-state index contributed by atoms with van der Waals surface area (Å²) in [5.74, 6) is 0.543. The lowest BCUT2D eigenvalue weighted by Crippen LogP contribution is -1.91. The van der Waals surface area contributed by atoms with Crippen LogP contribution in [0.1, 0.15) is 36.5 Å². The molecule has 1 rings (SSSR count). The SMILES string of the molecule is Cc1c(O)cc(C(C)C)cc1C#N. The molecule has 68 valence electrons. The molecule has 1 N–H and O–H groups in total. The van der Waals surface area contributed by atoms with Gasteiger partial charge in [0.25, 0.3) is 0 Å². The van der Waals surface area contributed by atoms with Gasteiger partial charge in [0.2, 0.25) is 0 Å². The van der Waals surface area contributed by atoms with Gasteiger partial charge in [0.15, 0.2) is 0 Å². The maximum absolute atomic E-state index is 9.51. The summed E-state index contributed by atoms with van der Waals surface area (Å²) < 4.78 is 0. The van der Waals surface area contributed by atoms with E-state index in [1.165, 1.54) is 0 Å². The number of nitriles is 1. The average molecular weight is 175 g/mol. The van der Waals surface area contributed by atoms with Crippen molar-refractivity contribution in [3.8, 4) is 11.8 Å². The molecule has 0 aromatic heterocycles. The molecule has 0 heterocycles. The van der Waals surface area contributed by atoms with Crippen LogP contribution in [0.5, 0.6) is 5.75 Å². The maximum Gasteiger partial charge on any atom is 0.120 e. The molecular weight excluding hydrogens is 162 g/mol. The zero-order valence-corrected chi connectivity index (χ0v) is 8.13. The predicted octanol–water partition coefficient (Wildman–Crippen LogP) is 2.70. The largest absolute Gasteiger partial charge is 0.508 e. The molecule has 0 bridgehead atoms. The summed E-state index contributed by atoms with van der Waals surface area (Å²) in [6.07, 6.45) is 0. The Bertz CT molecular complexity index is 361. The minimum Gasteiger partial charge on any atom is -0.508 e. The molecule has 2 nitrogen and oxygen atoms in total. The van der Waals surface area contributed by atoms with Crippen molar-refractivity contribution in [2.45, 2.75) is 26.7 Å². The van der Waals surface area contributed by atoms with Gasteiger partial charge in [-0.1, -0.05) is 13.8 Å². The zero-order chi connectivity index (χ0) is 10.0. The lowest BCUT2D eigenvalue weighted by Gasteiger charge is -2.08. The first-order valence-corrected chi connectivity index (χ1v) is 4.30. The molecule has 0 saturated heterocycles. The second kappa shape index (κ2) is 3.49. The van der Waals surface area contributed by atoms with Gasteiger partial charge in [0, 0.05) is 5.56 Å². The van der Waals surface area contributed by atoms with E-state index in [1.54, 1.807) is 13.0 Å². The number of hydrogen-bond acceptors (Lipinski definition) is 2. The molecule has 0 unspecified atom stereocenters. The van der Waals surface area contributed by atoms with E-state index in [2.05, 4.69) is 6.07 Å². The monoisotopic (exact) mass is 175 g/mol. The fraction of sp³-hybridized carbons (Fsp3) is 0.364. The summed E-state index contributed by atoms with van der Waals surface area (Å²) >= 11 is 0. The molecule has 0 aliphatic heterocycles. The van der Waals surface area contributed by atoms with Crippen molar-refractivity contribution in [3.63, 3.8) is 0 Å². The Labute approximate surface area is 78.4 Å². The molecule has 2 heteroatoms. The highest BCUT2D eigenvalue weighted by atomic mass is 16.3. The summed E-state index contributed by atoms with van der Waals surface area (Å²) in [6.45, 7) is 5.81. The number of phenolic OH excluding ortho intramolecular Hbond substituents is 1. The summed E-state index contributed by atoms with van der Waals surface area (Å²) in [5, 5.41) is 18.3. The molecule has 0 aliphatic carbocycles. The van der Waals surface area contributed by atoms with E-state index in [1.807, 2.05) is 19.9 Å². The normalized spacial score (nSPS) is 10.1. The number of aromatic hydroxyl groups is 1. The first-order chi connectivity index (χ1) is 6.06. The van der Waals surface area contributed by atoms with Crippen LogP contribution in [-0.4, -0.2) is 5.11 Å². The van der Waals surface area contributed by atoms with Crippen LogP contribution >= 0.6 is 0 Å². The van der Waals surface area contributed by atoms with Crippen LogP contribution in [0.25, 0.3) is 0 Å². The zero-order valence-electron chi connectivity index (χ0n) is 8.13. The van der Waals surface area contributed by atoms with Crippen molar-refractivity contribution in [3.05, 3.63) is 28.8 Å². The van der Waals surface area contributed by atoms with E-state index in [-0.39, 0.29) is 5.75 Å². The van der Waals surface area contributed by atoms with Crippen molar-refractivity contribution in [1.82, 2.24) is 0 Å². The van der Waals surface area contributed by atoms with E-state index in [4.69, 9.17) is 5.26 Å². The van der Waals surface area contributed by atoms with Gasteiger partial charge in [0.1, 0.15) is 5.75 Å². The Morgan fingerprint density at radius 3 is 2.46 bits per heavy atom. The van der Waals surface area contributed by atoms with Crippen LogP contribution in [0.2, 0.25) is 0 Å². The lowest BCUT2D eigenvalue weighted by atomic mass is 9.97. The summed E-state index contributed by atoms with van der Waals surface area (Å²) in [7, 11) is 0. The Morgan fingerprint density at radius 1 is 1.38 bits per heavy atom. The molecule has 0 spiro atoms. The van der Waals surface area contributed by atoms with Crippen LogP contribution in [0, 0.1) is 18.3 Å². The van der Waals surface area contributed by atoms with Gasteiger partial charge in [-0.3, -0.25) is 0 Å². The van der Waals surface area contributed by atoms with Crippen molar-refractivity contribution in [2.75, 3.05) is 0 Å². The second-order valence-corrected chi connectivity index (χ2v) is 3.48. The molecule has 13 heavy (non-hydrogen) atoms. The Hall–Kier alpha value is -1.49. The quantitative estimate of drug-likeness (QED) is 0.713. The Kier molecular flexibility index (Phi) is 2.57. The smallest absolute Gasteiger partial charge is 0.120 e. The molecule has 1 aromatic carbocycles. The molecule has 0 aliphatic rings. The van der Waals surface area contributed by atoms with Crippen molar-refractivity contribution >= 4 is 0 Å². The van der Waals surface area contributed by atoms with E-state index in [9.17, 15) is 5.11 Å². The number of benzene rings is 1. The number of phenols is 1. The minimum absolute atomic E-state index is 0.211. The molecule has 0 fully saturated rings. The summed E-state index contributed by atoms with van der Waals surface area (Å²) in [4.78, 5) is 0. The van der Waals surface area contributed by atoms with Crippen molar-refractivity contribution in [1.29, 1.82) is 5.26 Å². The van der Waals surface area contributed by atoms with Crippen molar-refractivity contribution in [2.24, 2.45) is 0 Å². The average Bonchev–Trinajstić information content (AvgIpc) is 2.09. The molecule has 1 aromatic rings. The molecule has 0 atom stereocenters. The van der Waals surface area contributed by atoms with E-state index < -0.39 is 0 Å². The van der Waals surface area contributed by atoms with Crippen LogP contribution in [0.3, 0.4) is 0 Å². The highest BCUT2D eigenvalue weighted by Crippen LogP contribution is 2.26. The van der Waals surface area contributed by atoms with Crippen LogP contribution in [0.4, 0.5) is 0 Å². The number of nitrogens with zero attached hydrogens (tertiary/aromatic N) is 1. The van der Waals surface area contributed by atoms with Gasteiger partial charge in [-0.25, -0.2) is 0 Å². The van der Waals surface area contributed by atoms with Gasteiger partial charge in [0.05, 0.1) is 11.6 Å². The lowest BCUT2D eigenvalue weighted by molar-refractivity contribution is 0.469. The highest BCUT2D eigenvalue weighted by Gasteiger charge is 2.07. The Balaban J connectivity index is 3.32. The first-order valence-electron chi connectivity index (χ1n) is 4.30. The standard InChI is InChI=1S/C11H13NO/c1-7(2)9-4-10(6-12)8(3)11(13)5-9/h4-5,7,13H,1-3H3. The third-order valence-corrected chi connectivity index (χ3v) is 2.19. The van der Waals surface area contributed by atoms with Gasteiger partial charge < -0.3 is 5.11 Å². The molecular formula is C11H13NO. The third-order valence-electron chi connectivity index (χ3n) is 2.19. The third kappa shape index (κ3) is 1.81. The van der Waals surface area contributed by atoms with Gasteiger partial charge >= 0.3 is 0 Å². The van der Waals surface area contributed by atoms with E-state index in [0.717, 1.165) is 5.56 Å². The second-order valence-electron chi connectivity index (χ2n) is 3.48. The van der Waals surface area contributed by atoms with Crippen LogP contribution < -0.4 is 0 Å². The molecule has 0 radical (unpaired) electrons. The number of rotatable bonds is 1. The number of hydrogen-bond donors (Lipinski definition) is 1. The summed E-state index contributed by atoms with van der Waals surface area (Å²) in [5.41, 5.74) is 2.22. The minimum atomic E-state index is 0.211. The molecule has 0 saturated carbocycles. The van der Waals surface area contributed by atoms with E-state index in [0.29, 0.717) is 17.0 Å². The topological polar surface area (TPSA) is 44.0 Å². The van der Waals surface area contributed by atoms with Crippen molar-refractivity contribution < 1.29 is 5.11 Å². The van der Waals surface area contributed by atoms with Gasteiger partial charge in [-0.15, -0.1) is 0 Å². The molecule has 0 amide bonds. The fourth-order valence-corrected chi connectivity index (χ4v) is 1.17. The van der Waals surface area contributed by atoms with Gasteiger partial charge in [-0.2, -0.15) is 5.26 Å². The van der Waals surface area contributed by atoms with Gasteiger partial charge in [-0.05, 0) is 30.5 Å². The predicted molar refractivity (Wildman–Crippen MR) is 51.6 cm³/mol. The van der Waals surface area contributed by atoms with Crippen LogP contribution in [0.15, 0.2) is 12.1 Å². The van der Waals surface area contributed by atoms with E-state index >= 15 is 0 Å². The Morgan fingerprint density at radius 2 is 2.00 bits per heavy atom. The van der Waals surface area contributed by atoms with Crippen LogP contribution in [-0.2, 0) is 0 Å². The summed E-state index contributed by atoms with van der Waals surface area (Å²) in [6, 6.07) is 5.63. The fourth-order valence-electron chi connectivity index (χ4n) is 1.17.